The second kappa shape index (κ2) is 13.2. The number of fused-ring (bicyclic) bond motifs is 1. The van der Waals surface area contributed by atoms with E-state index in [9.17, 15) is 4.79 Å². The zero-order valence-electron chi connectivity index (χ0n) is 20.0. The SMILES string of the molecule is C/C=C/C(=O)OCCCCCCSc1ccc2nn(-c3cc(C)cc(CCCC)c3)nc2c1. The van der Waals surface area contributed by atoms with Crippen molar-refractivity contribution in [2.24, 2.45) is 0 Å². The summed E-state index contributed by atoms with van der Waals surface area (Å²) in [6, 6.07) is 12.9. The van der Waals surface area contributed by atoms with Crippen LogP contribution in [0, 0.1) is 6.92 Å². The van der Waals surface area contributed by atoms with Crippen LogP contribution in [0.5, 0.6) is 0 Å². The van der Waals surface area contributed by atoms with Gasteiger partial charge in [-0.1, -0.05) is 38.3 Å². The number of allylic oxidation sites excluding steroid dienone is 1. The van der Waals surface area contributed by atoms with Gasteiger partial charge in [-0.15, -0.1) is 22.0 Å². The lowest BCUT2D eigenvalue weighted by molar-refractivity contribution is -0.137. The number of aryl methyl sites for hydroxylation is 2. The molecule has 0 bridgehead atoms. The van der Waals surface area contributed by atoms with Gasteiger partial charge in [0.15, 0.2) is 0 Å². The molecule has 0 saturated carbocycles. The minimum atomic E-state index is -0.250. The average molecular weight is 466 g/mol. The van der Waals surface area contributed by atoms with Crippen molar-refractivity contribution in [3.8, 4) is 5.69 Å². The molecule has 0 radical (unpaired) electrons. The summed E-state index contributed by atoms with van der Waals surface area (Å²) < 4.78 is 5.12. The van der Waals surface area contributed by atoms with Crippen LogP contribution in [0.1, 0.15) is 63.5 Å². The molecule has 3 rings (SSSR count). The van der Waals surface area contributed by atoms with Crippen molar-refractivity contribution in [1.29, 1.82) is 0 Å². The fraction of sp³-hybridized carbons (Fsp3) is 0.444. The molecule has 0 aliphatic rings. The highest BCUT2D eigenvalue weighted by Gasteiger charge is 2.08. The van der Waals surface area contributed by atoms with Crippen LogP contribution in [0.25, 0.3) is 16.7 Å². The van der Waals surface area contributed by atoms with Crippen LogP contribution in [0.3, 0.4) is 0 Å². The topological polar surface area (TPSA) is 57.0 Å². The van der Waals surface area contributed by atoms with Crippen LogP contribution >= 0.6 is 11.8 Å². The first-order chi connectivity index (χ1) is 16.1. The van der Waals surface area contributed by atoms with E-state index in [1.807, 2.05) is 18.7 Å². The van der Waals surface area contributed by atoms with Gasteiger partial charge in [0.1, 0.15) is 11.0 Å². The van der Waals surface area contributed by atoms with Gasteiger partial charge in [0, 0.05) is 11.0 Å². The molecule has 0 aliphatic heterocycles. The van der Waals surface area contributed by atoms with Gasteiger partial charge in [-0.05, 0) is 86.7 Å². The molecule has 0 fully saturated rings. The standard InChI is InChI=1S/C27H35N3O2S/c1-4-6-12-22-17-21(3)18-23(19-22)30-28-25-14-13-24(20-26(25)29-30)33-16-10-8-7-9-15-32-27(31)11-5-2/h5,11,13-14,17-20H,4,6-10,12,15-16H2,1-3H3/b11-5+. The average Bonchev–Trinajstić information content (AvgIpc) is 3.23. The maximum atomic E-state index is 11.3. The number of esters is 1. The summed E-state index contributed by atoms with van der Waals surface area (Å²) in [7, 11) is 0. The summed E-state index contributed by atoms with van der Waals surface area (Å²) in [5.74, 6) is 0.816. The zero-order valence-corrected chi connectivity index (χ0v) is 20.9. The van der Waals surface area contributed by atoms with E-state index in [2.05, 4.69) is 50.2 Å². The Kier molecular flexibility index (Phi) is 10.0. The van der Waals surface area contributed by atoms with Gasteiger partial charge in [0.25, 0.3) is 0 Å². The van der Waals surface area contributed by atoms with Crippen LogP contribution in [0.15, 0.2) is 53.4 Å². The molecule has 6 heteroatoms. The van der Waals surface area contributed by atoms with Crippen molar-refractivity contribution in [3.05, 3.63) is 59.7 Å². The van der Waals surface area contributed by atoms with Crippen molar-refractivity contribution < 1.29 is 9.53 Å². The molecule has 1 heterocycles. The lowest BCUT2D eigenvalue weighted by Crippen LogP contribution is -2.01. The first-order valence-corrected chi connectivity index (χ1v) is 13.0. The lowest BCUT2D eigenvalue weighted by Gasteiger charge is -2.06. The van der Waals surface area contributed by atoms with Crippen molar-refractivity contribution in [2.45, 2.75) is 70.6 Å². The molecule has 0 spiro atoms. The number of nitrogens with zero attached hydrogens (tertiary/aromatic N) is 3. The van der Waals surface area contributed by atoms with E-state index in [4.69, 9.17) is 14.9 Å². The predicted molar refractivity (Wildman–Crippen MR) is 137 cm³/mol. The molecule has 0 unspecified atom stereocenters. The van der Waals surface area contributed by atoms with E-state index in [0.717, 1.165) is 54.6 Å². The van der Waals surface area contributed by atoms with E-state index in [0.29, 0.717) is 6.61 Å². The number of hydrogen-bond acceptors (Lipinski definition) is 5. The van der Waals surface area contributed by atoms with Crippen LogP contribution in [-0.2, 0) is 16.0 Å². The van der Waals surface area contributed by atoms with Gasteiger partial charge in [-0.2, -0.15) is 4.80 Å². The summed E-state index contributed by atoms with van der Waals surface area (Å²) >= 11 is 1.86. The molecule has 176 valence electrons. The number of aromatic nitrogens is 3. The molecule has 2 aromatic carbocycles. The molecule has 5 nitrogen and oxygen atoms in total. The number of rotatable bonds is 13. The van der Waals surface area contributed by atoms with E-state index in [1.165, 1.54) is 34.9 Å². The van der Waals surface area contributed by atoms with E-state index in [-0.39, 0.29) is 5.97 Å². The molecular formula is C27H35N3O2S. The lowest BCUT2D eigenvalue weighted by atomic mass is 10.1. The quantitative estimate of drug-likeness (QED) is 0.120. The Morgan fingerprint density at radius 1 is 1.03 bits per heavy atom. The van der Waals surface area contributed by atoms with Gasteiger partial charge in [0.05, 0.1) is 12.3 Å². The van der Waals surface area contributed by atoms with Crippen molar-refractivity contribution in [2.75, 3.05) is 12.4 Å². The van der Waals surface area contributed by atoms with Crippen LogP contribution in [-0.4, -0.2) is 33.3 Å². The first kappa shape index (κ1) is 25.0. The highest BCUT2D eigenvalue weighted by molar-refractivity contribution is 7.99. The molecule has 33 heavy (non-hydrogen) atoms. The number of unbranched alkanes of at least 4 members (excludes halogenated alkanes) is 4. The zero-order chi connectivity index (χ0) is 23.5. The molecule has 0 amide bonds. The highest BCUT2D eigenvalue weighted by Crippen LogP contribution is 2.24. The fourth-order valence-corrected chi connectivity index (χ4v) is 4.63. The third-order valence-electron chi connectivity index (χ3n) is 5.38. The van der Waals surface area contributed by atoms with Crippen LogP contribution in [0.2, 0.25) is 0 Å². The molecule has 0 aliphatic carbocycles. The molecule has 0 atom stereocenters. The van der Waals surface area contributed by atoms with E-state index >= 15 is 0 Å². The molecular weight excluding hydrogens is 430 g/mol. The second-order valence-electron chi connectivity index (χ2n) is 8.35. The van der Waals surface area contributed by atoms with E-state index in [1.54, 1.807) is 10.9 Å². The summed E-state index contributed by atoms with van der Waals surface area (Å²) in [6.45, 7) is 6.67. The van der Waals surface area contributed by atoms with Crippen molar-refractivity contribution in [1.82, 2.24) is 15.0 Å². The largest absolute Gasteiger partial charge is 0.463 e. The maximum Gasteiger partial charge on any atom is 0.330 e. The summed E-state index contributed by atoms with van der Waals surface area (Å²) in [5.41, 5.74) is 5.47. The monoisotopic (exact) mass is 465 g/mol. The second-order valence-corrected chi connectivity index (χ2v) is 9.52. The van der Waals surface area contributed by atoms with Gasteiger partial charge in [-0.25, -0.2) is 4.79 Å². The van der Waals surface area contributed by atoms with Crippen LogP contribution in [0.4, 0.5) is 0 Å². The van der Waals surface area contributed by atoms with Gasteiger partial charge in [0.2, 0.25) is 0 Å². The maximum absolute atomic E-state index is 11.3. The summed E-state index contributed by atoms with van der Waals surface area (Å²) in [6.07, 6.45) is 10.9. The third kappa shape index (κ3) is 8.04. The Balaban J connectivity index is 1.49. The minimum absolute atomic E-state index is 0.250. The Hall–Kier alpha value is -2.60. The number of carbonyl (C=O) groups excluding carboxylic acids is 1. The Bertz CT molecular complexity index is 1070. The highest BCUT2D eigenvalue weighted by atomic mass is 32.2. The Morgan fingerprint density at radius 2 is 1.85 bits per heavy atom. The minimum Gasteiger partial charge on any atom is -0.463 e. The third-order valence-corrected chi connectivity index (χ3v) is 6.46. The first-order valence-electron chi connectivity index (χ1n) is 12.0. The predicted octanol–water partition coefficient (Wildman–Crippen LogP) is 6.84. The number of benzene rings is 2. The Labute approximate surface area is 201 Å². The molecule has 0 saturated heterocycles. The Morgan fingerprint density at radius 3 is 2.67 bits per heavy atom. The molecule has 0 N–H and O–H groups in total. The van der Waals surface area contributed by atoms with Crippen LogP contribution < -0.4 is 0 Å². The molecule has 1 aromatic heterocycles. The fourth-order valence-electron chi connectivity index (χ4n) is 3.69. The van der Waals surface area contributed by atoms with Gasteiger partial charge >= 0.3 is 5.97 Å². The number of carbonyl (C=O) groups is 1. The normalized spacial score (nSPS) is 11.5. The number of ether oxygens (including phenoxy) is 1. The summed E-state index contributed by atoms with van der Waals surface area (Å²) in [4.78, 5) is 14.2. The van der Waals surface area contributed by atoms with Crippen molar-refractivity contribution in [3.63, 3.8) is 0 Å². The number of hydrogen-bond donors (Lipinski definition) is 0. The van der Waals surface area contributed by atoms with Gasteiger partial charge in [-0.3, -0.25) is 0 Å². The smallest absolute Gasteiger partial charge is 0.330 e. The molecule has 3 aromatic rings. The van der Waals surface area contributed by atoms with E-state index < -0.39 is 0 Å². The summed E-state index contributed by atoms with van der Waals surface area (Å²) in [5, 5.41) is 9.46. The van der Waals surface area contributed by atoms with Crippen molar-refractivity contribution >= 4 is 28.8 Å². The number of thioether (sulfide) groups is 1. The van der Waals surface area contributed by atoms with Gasteiger partial charge < -0.3 is 4.74 Å².